The Hall–Kier alpha value is -7.50. The lowest BCUT2D eigenvalue weighted by Gasteiger charge is -2.33. The minimum atomic E-state index is 0.825. The van der Waals surface area contributed by atoms with E-state index in [-0.39, 0.29) is 0 Å². The Morgan fingerprint density at radius 3 is 1.49 bits per heavy atom. The van der Waals surface area contributed by atoms with Gasteiger partial charge in [-0.15, -0.1) is 0 Å². The highest BCUT2D eigenvalue weighted by atomic mass is 16.5. The zero-order chi connectivity index (χ0) is 36.0. The van der Waals surface area contributed by atoms with Crippen LogP contribution in [0.2, 0.25) is 0 Å². The quantitative estimate of drug-likeness (QED) is 0.183. The molecule has 0 amide bonds. The monoisotopic (exact) mass is 705 g/mol. The smallest absolute Gasteiger partial charge is 0.152 e. The Kier molecular flexibility index (Phi) is 6.27. The van der Waals surface area contributed by atoms with E-state index in [0.29, 0.717) is 0 Å². The number of benzene rings is 9. The molecule has 55 heavy (non-hydrogen) atoms. The van der Waals surface area contributed by atoms with Crippen LogP contribution in [0.4, 0.5) is 34.1 Å². The van der Waals surface area contributed by atoms with Gasteiger partial charge in [0.15, 0.2) is 23.0 Å². The van der Waals surface area contributed by atoms with E-state index in [2.05, 4.69) is 172 Å². The Labute approximate surface area is 317 Å². The minimum absolute atomic E-state index is 0.825. The molecule has 0 spiro atoms. The highest BCUT2D eigenvalue weighted by Gasteiger charge is 2.29. The van der Waals surface area contributed by atoms with E-state index in [1.54, 1.807) is 0 Å². The minimum Gasteiger partial charge on any atom is -0.453 e. The summed E-state index contributed by atoms with van der Waals surface area (Å²) in [6, 6.07) is 66.5. The Balaban J connectivity index is 1.05. The zero-order valence-electron chi connectivity index (χ0n) is 29.6. The molecule has 2 aliphatic rings. The van der Waals surface area contributed by atoms with E-state index in [1.165, 1.54) is 21.7 Å². The van der Waals surface area contributed by atoms with E-state index < -0.39 is 0 Å². The van der Waals surface area contributed by atoms with Crippen molar-refractivity contribution in [1.82, 2.24) is 4.57 Å². The van der Waals surface area contributed by atoms with E-state index in [1.807, 2.05) is 30.3 Å². The third kappa shape index (κ3) is 4.47. The first-order valence-electron chi connectivity index (χ1n) is 18.6. The van der Waals surface area contributed by atoms with Crippen LogP contribution in [0.5, 0.6) is 23.0 Å². The Morgan fingerprint density at radius 1 is 0.309 bits per heavy atom. The van der Waals surface area contributed by atoms with Crippen LogP contribution in [0.3, 0.4) is 0 Å². The van der Waals surface area contributed by atoms with Gasteiger partial charge in [0, 0.05) is 27.8 Å². The molecule has 2 aliphatic heterocycles. The van der Waals surface area contributed by atoms with Gasteiger partial charge < -0.3 is 23.8 Å². The van der Waals surface area contributed by atoms with Gasteiger partial charge in [0.05, 0.1) is 33.8 Å². The average Bonchev–Trinajstić information content (AvgIpc) is 3.57. The number of fused-ring (bicyclic) bond motifs is 10. The fourth-order valence-electron chi connectivity index (χ4n) is 8.65. The maximum Gasteiger partial charge on any atom is 0.152 e. The topological polar surface area (TPSA) is 29.9 Å². The lowest BCUT2D eigenvalue weighted by molar-refractivity contribution is 0.477. The van der Waals surface area contributed by atoms with Gasteiger partial charge in [-0.1, -0.05) is 97.1 Å². The highest BCUT2D eigenvalue weighted by molar-refractivity contribution is 6.22. The largest absolute Gasteiger partial charge is 0.453 e. The molecule has 0 fully saturated rings. The predicted molar refractivity (Wildman–Crippen MR) is 225 cm³/mol. The number of ether oxygens (including phenoxy) is 2. The molecule has 258 valence electrons. The van der Waals surface area contributed by atoms with Gasteiger partial charge in [-0.3, -0.25) is 0 Å². The van der Waals surface area contributed by atoms with Crippen LogP contribution in [0, 0.1) is 0 Å². The van der Waals surface area contributed by atoms with Gasteiger partial charge in [0.25, 0.3) is 0 Å². The molecule has 1 aromatic heterocycles. The van der Waals surface area contributed by atoms with Gasteiger partial charge in [-0.05, 0) is 113 Å². The maximum absolute atomic E-state index is 6.77. The molecule has 3 heterocycles. The second-order valence-electron chi connectivity index (χ2n) is 14.2. The number of para-hydroxylation sites is 7. The van der Waals surface area contributed by atoms with Crippen LogP contribution >= 0.6 is 0 Å². The molecule has 0 saturated carbocycles. The van der Waals surface area contributed by atoms with Crippen LogP contribution in [0.1, 0.15) is 0 Å². The lowest BCUT2D eigenvalue weighted by Crippen LogP contribution is -2.16. The Morgan fingerprint density at radius 2 is 0.836 bits per heavy atom. The van der Waals surface area contributed by atoms with Crippen molar-refractivity contribution in [3.05, 3.63) is 188 Å². The zero-order valence-corrected chi connectivity index (χ0v) is 29.6. The average molecular weight is 706 g/mol. The molecule has 9 aromatic carbocycles. The molecule has 0 atom stereocenters. The summed E-state index contributed by atoms with van der Waals surface area (Å²) >= 11 is 0. The molecule has 12 rings (SSSR count). The van der Waals surface area contributed by atoms with E-state index >= 15 is 0 Å². The summed E-state index contributed by atoms with van der Waals surface area (Å²) in [5.41, 5.74) is 9.58. The number of hydrogen-bond donors (Lipinski definition) is 0. The molecule has 5 heteroatoms. The van der Waals surface area contributed by atoms with Crippen molar-refractivity contribution >= 4 is 77.5 Å². The molecule has 5 nitrogen and oxygen atoms in total. The van der Waals surface area contributed by atoms with Gasteiger partial charge in [0.1, 0.15) is 0 Å². The standard InChI is InChI=1S/C50H31N3O2/c1-2-13-35(14-3-1)51-43-27-24-32-12-4-5-15-38(32)50(43)39-30-49-45(31-44(39)51)53(42-18-8-11-21-48(42)55-49)37-26-23-33-28-36(25-22-34(33)29-37)52-40-16-6-9-19-46(40)54-47-20-10-7-17-41(47)52/h1-31H. The van der Waals surface area contributed by atoms with Crippen LogP contribution in [-0.4, -0.2) is 4.57 Å². The second-order valence-corrected chi connectivity index (χ2v) is 14.2. The number of rotatable bonds is 3. The number of anilines is 6. The van der Waals surface area contributed by atoms with Crippen LogP contribution in [-0.2, 0) is 0 Å². The van der Waals surface area contributed by atoms with Gasteiger partial charge in [-0.2, -0.15) is 0 Å². The normalized spacial score (nSPS) is 12.9. The van der Waals surface area contributed by atoms with Gasteiger partial charge in [-0.25, -0.2) is 0 Å². The Bertz CT molecular complexity index is 3140. The molecule has 0 N–H and O–H groups in total. The van der Waals surface area contributed by atoms with Gasteiger partial charge in [0.2, 0.25) is 0 Å². The summed E-state index contributed by atoms with van der Waals surface area (Å²) in [5.74, 6) is 3.34. The summed E-state index contributed by atoms with van der Waals surface area (Å²) in [6.45, 7) is 0. The molecular formula is C50H31N3O2. The van der Waals surface area contributed by atoms with Crippen molar-refractivity contribution in [2.45, 2.75) is 0 Å². The number of hydrogen-bond acceptors (Lipinski definition) is 4. The molecule has 0 bridgehead atoms. The van der Waals surface area contributed by atoms with Crippen LogP contribution < -0.4 is 19.3 Å². The highest BCUT2D eigenvalue weighted by Crippen LogP contribution is 2.54. The molecule has 0 radical (unpaired) electrons. The van der Waals surface area contributed by atoms with Crippen LogP contribution in [0.25, 0.3) is 49.0 Å². The van der Waals surface area contributed by atoms with Crippen molar-refractivity contribution in [1.29, 1.82) is 0 Å². The van der Waals surface area contributed by atoms with Crippen molar-refractivity contribution in [2.24, 2.45) is 0 Å². The first-order valence-corrected chi connectivity index (χ1v) is 18.6. The fourth-order valence-corrected chi connectivity index (χ4v) is 8.65. The third-order valence-electron chi connectivity index (χ3n) is 11.1. The fraction of sp³-hybridized carbons (Fsp3) is 0. The number of aromatic nitrogens is 1. The second kappa shape index (κ2) is 11.5. The van der Waals surface area contributed by atoms with Crippen LogP contribution in [0.15, 0.2) is 188 Å². The maximum atomic E-state index is 6.77. The van der Waals surface area contributed by atoms with E-state index in [0.717, 1.165) is 84.5 Å². The summed E-state index contributed by atoms with van der Waals surface area (Å²) in [6.07, 6.45) is 0. The van der Waals surface area contributed by atoms with Crippen molar-refractivity contribution < 1.29 is 9.47 Å². The lowest BCUT2D eigenvalue weighted by atomic mass is 10.0. The molecular weight excluding hydrogens is 675 g/mol. The molecule has 0 unspecified atom stereocenters. The summed E-state index contributed by atoms with van der Waals surface area (Å²) in [4.78, 5) is 4.64. The van der Waals surface area contributed by atoms with Crippen molar-refractivity contribution in [3.63, 3.8) is 0 Å². The first-order chi connectivity index (χ1) is 27.3. The summed E-state index contributed by atoms with van der Waals surface area (Å²) in [7, 11) is 0. The summed E-state index contributed by atoms with van der Waals surface area (Å²) < 4.78 is 15.5. The van der Waals surface area contributed by atoms with Crippen molar-refractivity contribution in [2.75, 3.05) is 9.80 Å². The first kappa shape index (κ1) is 30.0. The predicted octanol–water partition coefficient (Wildman–Crippen LogP) is 14.2. The molecule has 10 aromatic rings. The van der Waals surface area contributed by atoms with Gasteiger partial charge >= 0.3 is 0 Å². The SMILES string of the molecule is c1ccc(-n2c3cc4c(cc3c3c5ccccc5ccc32)Oc2ccccc2N4c2ccc3cc(N4c5ccccc5Oc5ccccc54)ccc3c2)cc1. The number of nitrogens with zero attached hydrogens (tertiary/aromatic N) is 3. The summed E-state index contributed by atoms with van der Waals surface area (Å²) in [5, 5.41) is 7.12. The third-order valence-corrected chi connectivity index (χ3v) is 11.1. The van der Waals surface area contributed by atoms with Crippen molar-refractivity contribution in [3.8, 4) is 28.7 Å². The molecule has 0 aliphatic carbocycles. The van der Waals surface area contributed by atoms with E-state index in [9.17, 15) is 0 Å². The van der Waals surface area contributed by atoms with E-state index in [4.69, 9.17) is 9.47 Å². The molecule has 0 saturated heterocycles.